The second kappa shape index (κ2) is 6.12. The van der Waals surface area contributed by atoms with Crippen molar-refractivity contribution in [1.29, 1.82) is 0 Å². The molecule has 1 aromatic carbocycles. The molecule has 1 aromatic heterocycles. The predicted molar refractivity (Wildman–Crippen MR) is 84.2 cm³/mol. The van der Waals surface area contributed by atoms with Crippen molar-refractivity contribution in [2.45, 2.75) is 32.2 Å². The third-order valence-corrected chi connectivity index (χ3v) is 4.19. The molecular weight excluding hydrogens is 286 g/mol. The Kier molecular flexibility index (Phi) is 4.22. The fourth-order valence-electron chi connectivity index (χ4n) is 2.83. The molecule has 3 rings (SSSR count). The smallest absolute Gasteiger partial charge is 0.125 e. The van der Waals surface area contributed by atoms with E-state index in [9.17, 15) is 0 Å². The van der Waals surface area contributed by atoms with E-state index in [0.29, 0.717) is 0 Å². The largest absolute Gasteiger partial charge is 0.493 e. The van der Waals surface area contributed by atoms with Crippen LogP contribution in [-0.4, -0.2) is 13.7 Å². The number of nitrogens with one attached hydrogen (secondary N) is 1. The Morgan fingerprint density at radius 1 is 1.33 bits per heavy atom. The highest BCUT2D eigenvalue weighted by Crippen LogP contribution is 2.35. The van der Waals surface area contributed by atoms with E-state index in [0.717, 1.165) is 53.7 Å². The zero-order valence-electron chi connectivity index (χ0n) is 12.4. The Labute approximate surface area is 130 Å². The molecule has 0 fully saturated rings. The van der Waals surface area contributed by atoms with E-state index >= 15 is 0 Å². The topological polar surface area (TPSA) is 34.4 Å². The Balaban J connectivity index is 1.87. The number of aryl methyl sites for hydroxylation is 1. The first-order valence-corrected chi connectivity index (χ1v) is 7.79. The van der Waals surface area contributed by atoms with E-state index in [4.69, 9.17) is 20.8 Å². The Bertz CT molecular complexity index is 636. The molecule has 4 heteroatoms. The molecule has 0 radical (unpaired) electrons. The molecule has 0 spiro atoms. The minimum Gasteiger partial charge on any atom is -0.493 e. The number of rotatable bonds is 5. The van der Waals surface area contributed by atoms with Gasteiger partial charge in [0, 0.05) is 17.9 Å². The first-order chi connectivity index (χ1) is 10.2. The van der Waals surface area contributed by atoms with E-state index in [2.05, 4.69) is 12.2 Å². The number of halogens is 1. The maximum Gasteiger partial charge on any atom is 0.125 e. The van der Waals surface area contributed by atoms with Crippen LogP contribution in [-0.2, 0) is 19.3 Å². The Morgan fingerprint density at radius 2 is 2.19 bits per heavy atom. The average Bonchev–Trinajstić information content (AvgIpc) is 3.12. The van der Waals surface area contributed by atoms with Crippen molar-refractivity contribution in [1.82, 2.24) is 5.32 Å². The number of hydrogen-bond acceptors (Lipinski definition) is 3. The first-order valence-electron chi connectivity index (χ1n) is 7.41. The molecule has 1 atom stereocenters. The third-order valence-electron chi connectivity index (χ3n) is 3.97. The lowest BCUT2D eigenvalue weighted by Crippen LogP contribution is -2.18. The molecule has 3 nitrogen and oxygen atoms in total. The minimum absolute atomic E-state index is 0.122. The van der Waals surface area contributed by atoms with E-state index < -0.39 is 0 Å². The van der Waals surface area contributed by atoms with Crippen LogP contribution in [0.3, 0.4) is 0 Å². The van der Waals surface area contributed by atoms with Gasteiger partial charge in [-0.1, -0.05) is 18.5 Å². The predicted octanol–water partition coefficient (Wildman–Crippen LogP) is 3.93. The van der Waals surface area contributed by atoms with Crippen molar-refractivity contribution < 1.29 is 9.15 Å². The molecule has 0 bridgehead atoms. The van der Waals surface area contributed by atoms with Crippen LogP contribution >= 0.6 is 11.6 Å². The summed E-state index contributed by atoms with van der Waals surface area (Å²) in [7, 11) is 1.95. The highest BCUT2D eigenvalue weighted by Gasteiger charge is 2.22. The fourth-order valence-corrected chi connectivity index (χ4v) is 3.10. The van der Waals surface area contributed by atoms with Crippen molar-refractivity contribution >= 4 is 11.6 Å². The summed E-state index contributed by atoms with van der Waals surface area (Å²) in [6.07, 6.45) is 2.65. The molecule has 112 valence electrons. The fraction of sp³-hybridized carbons (Fsp3) is 0.412. The highest BCUT2D eigenvalue weighted by atomic mass is 35.5. The number of likely N-dealkylation sites (N-methyl/N-ethyl adjacent to an activating group) is 1. The molecule has 1 N–H and O–H groups in total. The summed E-state index contributed by atoms with van der Waals surface area (Å²) in [5.74, 6) is 2.97. The van der Waals surface area contributed by atoms with Crippen molar-refractivity contribution in [3.05, 3.63) is 51.9 Å². The molecule has 0 amide bonds. The summed E-state index contributed by atoms with van der Waals surface area (Å²) in [5.41, 5.74) is 2.35. The number of benzene rings is 1. The van der Waals surface area contributed by atoms with Crippen LogP contribution < -0.4 is 10.1 Å². The van der Waals surface area contributed by atoms with Gasteiger partial charge in [-0.3, -0.25) is 0 Å². The normalized spacial score (nSPS) is 14.8. The molecule has 1 aliphatic heterocycles. The Hall–Kier alpha value is -1.45. The van der Waals surface area contributed by atoms with Crippen molar-refractivity contribution in [2.75, 3.05) is 13.7 Å². The Morgan fingerprint density at radius 3 is 2.90 bits per heavy atom. The minimum atomic E-state index is 0.122. The standard InChI is InChI=1S/C17H20ClNO2/c1-3-14-4-5-16(21-14)15(19-2)10-12-9-13(18)8-11-6-7-20-17(11)12/h4-5,8-9,15,19H,3,6-7,10H2,1-2H3. The lowest BCUT2D eigenvalue weighted by atomic mass is 10.0. The molecular formula is C17H20ClNO2. The summed E-state index contributed by atoms with van der Waals surface area (Å²) in [6.45, 7) is 2.84. The quantitative estimate of drug-likeness (QED) is 0.909. The molecule has 0 saturated carbocycles. The van der Waals surface area contributed by atoms with Gasteiger partial charge in [0.1, 0.15) is 17.3 Å². The zero-order valence-corrected chi connectivity index (χ0v) is 13.2. The SMILES string of the molecule is CCc1ccc(C(Cc2cc(Cl)cc3c2OCC3)NC)o1. The number of furan rings is 1. The lowest BCUT2D eigenvalue weighted by Gasteiger charge is -2.16. The molecule has 21 heavy (non-hydrogen) atoms. The van der Waals surface area contributed by atoms with E-state index in [1.165, 1.54) is 5.56 Å². The van der Waals surface area contributed by atoms with Gasteiger partial charge in [0.05, 0.1) is 12.6 Å². The van der Waals surface area contributed by atoms with Gasteiger partial charge in [-0.2, -0.15) is 0 Å². The molecule has 2 heterocycles. The molecule has 0 saturated heterocycles. The average molecular weight is 306 g/mol. The van der Waals surface area contributed by atoms with Crippen molar-refractivity contribution in [3.63, 3.8) is 0 Å². The second-order valence-corrected chi connectivity index (χ2v) is 5.79. The van der Waals surface area contributed by atoms with Gasteiger partial charge in [0.25, 0.3) is 0 Å². The summed E-state index contributed by atoms with van der Waals surface area (Å²) in [5, 5.41) is 4.10. The van der Waals surface area contributed by atoms with Gasteiger partial charge in [-0.05, 0) is 48.9 Å². The first kappa shape index (κ1) is 14.5. The van der Waals surface area contributed by atoms with E-state index in [1.54, 1.807) is 0 Å². The van der Waals surface area contributed by atoms with Gasteiger partial charge < -0.3 is 14.5 Å². The van der Waals surface area contributed by atoms with Gasteiger partial charge in [0.2, 0.25) is 0 Å². The van der Waals surface area contributed by atoms with Crippen molar-refractivity contribution in [3.8, 4) is 5.75 Å². The van der Waals surface area contributed by atoms with Gasteiger partial charge in [-0.25, -0.2) is 0 Å². The summed E-state index contributed by atoms with van der Waals surface area (Å²) in [6, 6.07) is 8.21. The summed E-state index contributed by atoms with van der Waals surface area (Å²) in [4.78, 5) is 0. The second-order valence-electron chi connectivity index (χ2n) is 5.35. The number of hydrogen-bond donors (Lipinski definition) is 1. The van der Waals surface area contributed by atoms with Crippen LogP contribution in [0.4, 0.5) is 0 Å². The van der Waals surface area contributed by atoms with Crippen molar-refractivity contribution in [2.24, 2.45) is 0 Å². The van der Waals surface area contributed by atoms with Gasteiger partial charge in [-0.15, -0.1) is 0 Å². The van der Waals surface area contributed by atoms with Crippen LogP contribution in [0, 0.1) is 0 Å². The summed E-state index contributed by atoms with van der Waals surface area (Å²) < 4.78 is 11.6. The van der Waals surface area contributed by atoms with Crippen LogP contribution in [0.1, 0.15) is 35.6 Å². The zero-order chi connectivity index (χ0) is 14.8. The van der Waals surface area contributed by atoms with Crippen LogP contribution in [0.2, 0.25) is 5.02 Å². The lowest BCUT2D eigenvalue weighted by molar-refractivity contribution is 0.349. The van der Waals surface area contributed by atoms with Gasteiger partial charge in [0.15, 0.2) is 0 Å². The maximum absolute atomic E-state index is 6.23. The number of fused-ring (bicyclic) bond motifs is 1. The molecule has 1 unspecified atom stereocenters. The van der Waals surface area contributed by atoms with E-state index in [1.807, 2.05) is 31.3 Å². The monoisotopic (exact) mass is 305 g/mol. The van der Waals surface area contributed by atoms with Crippen LogP contribution in [0.25, 0.3) is 0 Å². The number of ether oxygens (including phenoxy) is 1. The van der Waals surface area contributed by atoms with Crippen LogP contribution in [0.15, 0.2) is 28.7 Å². The molecule has 1 aliphatic rings. The van der Waals surface area contributed by atoms with E-state index in [-0.39, 0.29) is 6.04 Å². The molecule has 2 aromatic rings. The summed E-state index contributed by atoms with van der Waals surface area (Å²) >= 11 is 6.23. The maximum atomic E-state index is 6.23. The van der Waals surface area contributed by atoms with Crippen LogP contribution in [0.5, 0.6) is 5.75 Å². The van der Waals surface area contributed by atoms with Gasteiger partial charge >= 0.3 is 0 Å². The molecule has 0 aliphatic carbocycles. The highest BCUT2D eigenvalue weighted by molar-refractivity contribution is 6.30. The third kappa shape index (κ3) is 2.94.